The van der Waals surface area contributed by atoms with Crippen LogP contribution in [0.15, 0.2) is 35.3 Å². The number of nitrogens with zero attached hydrogens (tertiary/aromatic N) is 4. The molecule has 0 aliphatic rings. The minimum atomic E-state index is -1.32. The standard InChI is InChI=1S/C32H37FN8O6/c1-4-5-6-10-25(43)34-15-8-7-9-22(19-42)37-30(46)21-11-13-24(14-12-21)41(26(44)16-33)18-23-17-35-28-27(36-23)31(47)40-32(38-28)39-29(45)20(2)3/h1,11-14,17,19-20,22H,5-10,15-16,18H2,2-3H3,(H,34,43)(H,37,46)(H2,35,38,39,40,45,47)/t22-/m0/s1. The van der Waals surface area contributed by atoms with Gasteiger partial charge in [-0.15, -0.1) is 12.3 Å². The highest BCUT2D eigenvalue weighted by Crippen LogP contribution is 2.19. The summed E-state index contributed by atoms with van der Waals surface area (Å²) in [6.07, 6.45) is 10.2. The van der Waals surface area contributed by atoms with Crippen molar-refractivity contribution in [2.75, 3.05) is 23.4 Å². The van der Waals surface area contributed by atoms with Crippen LogP contribution < -0.4 is 26.4 Å². The first-order valence-corrected chi connectivity index (χ1v) is 15.1. The molecule has 248 valence electrons. The molecule has 0 radical (unpaired) electrons. The second-order valence-electron chi connectivity index (χ2n) is 10.9. The van der Waals surface area contributed by atoms with E-state index in [-0.39, 0.29) is 58.3 Å². The summed E-state index contributed by atoms with van der Waals surface area (Å²) in [6.45, 7) is 2.23. The molecule has 47 heavy (non-hydrogen) atoms. The molecule has 4 amide bonds. The van der Waals surface area contributed by atoms with Gasteiger partial charge in [0.25, 0.3) is 17.4 Å². The fourth-order valence-corrected chi connectivity index (χ4v) is 4.28. The number of hydrogen-bond acceptors (Lipinski definition) is 9. The third-order valence-corrected chi connectivity index (χ3v) is 6.88. The monoisotopic (exact) mass is 648 g/mol. The molecule has 0 bridgehead atoms. The van der Waals surface area contributed by atoms with Gasteiger partial charge in [-0.25, -0.2) is 14.4 Å². The molecule has 1 atom stereocenters. The van der Waals surface area contributed by atoms with Crippen LogP contribution in [0.1, 0.15) is 68.4 Å². The van der Waals surface area contributed by atoms with Gasteiger partial charge in [-0.3, -0.25) is 34.3 Å². The first-order valence-electron chi connectivity index (χ1n) is 15.1. The number of hydrogen-bond donors (Lipinski definition) is 4. The van der Waals surface area contributed by atoms with Gasteiger partial charge in [0, 0.05) is 36.6 Å². The third-order valence-electron chi connectivity index (χ3n) is 6.88. The lowest BCUT2D eigenvalue weighted by Gasteiger charge is -2.21. The van der Waals surface area contributed by atoms with Crippen molar-refractivity contribution < 1.29 is 28.4 Å². The Kier molecular flexibility index (Phi) is 13.6. The van der Waals surface area contributed by atoms with Gasteiger partial charge in [0.15, 0.2) is 17.8 Å². The maximum atomic E-state index is 13.5. The number of unbranched alkanes of at least 4 members (excludes halogenated alkanes) is 2. The first kappa shape index (κ1) is 36.0. The van der Waals surface area contributed by atoms with Crippen LogP contribution in [-0.4, -0.2) is 69.1 Å². The molecule has 1 aromatic carbocycles. The van der Waals surface area contributed by atoms with Gasteiger partial charge in [0.2, 0.25) is 17.8 Å². The lowest BCUT2D eigenvalue weighted by molar-refractivity contribution is -0.121. The van der Waals surface area contributed by atoms with Crippen molar-refractivity contribution in [1.82, 2.24) is 30.6 Å². The van der Waals surface area contributed by atoms with Crippen LogP contribution in [0, 0.1) is 18.3 Å². The summed E-state index contributed by atoms with van der Waals surface area (Å²) in [5.74, 6) is 0.189. The van der Waals surface area contributed by atoms with Gasteiger partial charge < -0.3 is 20.3 Å². The molecule has 3 rings (SSSR count). The van der Waals surface area contributed by atoms with Crippen molar-refractivity contribution in [2.45, 2.75) is 65.0 Å². The molecule has 14 nitrogen and oxygen atoms in total. The van der Waals surface area contributed by atoms with Gasteiger partial charge in [-0.2, -0.15) is 4.98 Å². The van der Waals surface area contributed by atoms with Crippen LogP contribution in [0.3, 0.4) is 0 Å². The molecule has 0 fully saturated rings. The van der Waals surface area contributed by atoms with E-state index in [9.17, 15) is 33.2 Å². The Bertz CT molecular complexity index is 1690. The summed E-state index contributed by atoms with van der Waals surface area (Å²) in [7, 11) is 0. The summed E-state index contributed by atoms with van der Waals surface area (Å²) in [6, 6.07) is 4.99. The van der Waals surface area contributed by atoms with E-state index in [1.54, 1.807) is 13.8 Å². The predicted molar refractivity (Wildman–Crippen MR) is 172 cm³/mol. The fraction of sp³-hybridized carbons (Fsp3) is 0.406. The van der Waals surface area contributed by atoms with E-state index in [0.29, 0.717) is 51.4 Å². The van der Waals surface area contributed by atoms with Crippen molar-refractivity contribution in [1.29, 1.82) is 0 Å². The number of carbonyl (C=O) groups excluding carboxylic acids is 5. The van der Waals surface area contributed by atoms with Crippen LogP contribution in [0.4, 0.5) is 16.0 Å². The van der Waals surface area contributed by atoms with Crippen molar-refractivity contribution >= 4 is 52.7 Å². The SMILES string of the molecule is C#CCCCC(=O)NCCCC[C@@H](C=O)NC(=O)c1ccc(N(Cc2cnc3nc(NC(=O)C(C)C)[nH]c(=O)c3n2)C(=O)CF)cc1. The summed E-state index contributed by atoms with van der Waals surface area (Å²) in [5, 5.41) is 7.92. The molecule has 15 heteroatoms. The number of alkyl halides is 1. The first-order chi connectivity index (χ1) is 22.6. The Morgan fingerprint density at radius 2 is 1.85 bits per heavy atom. The molecule has 0 saturated carbocycles. The van der Waals surface area contributed by atoms with Crippen LogP contribution in [-0.2, 0) is 25.7 Å². The Morgan fingerprint density at radius 3 is 2.51 bits per heavy atom. The second-order valence-corrected chi connectivity index (χ2v) is 10.9. The minimum absolute atomic E-state index is 0.0392. The number of carbonyl (C=O) groups is 5. The van der Waals surface area contributed by atoms with Crippen LogP contribution in [0.5, 0.6) is 0 Å². The number of halogens is 1. The van der Waals surface area contributed by atoms with Gasteiger partial charge in [0.05, 0.1) is 24.5 Å². The quantitative estimate of drug-likeness (QED) is 0.0964. The number of anilines is 2. The molecule has 2 heterocycles. The number of terminal acetylenes is 1. The van der Waals surface area contributed by atoms with E-state index in [4.69, 9.17) is 6.42 Å². The highest BCUT2D eigenvalue weighted by atomic mass is 19.1. The maximum absolute atomic E-state index is 13.5. The smallest absolute Gasteiger partial charge is 0.280 e. The molecule has 2 aromatic heterocycles. The number of H-pyrrole nitrogens is 1. The van der Waals surface area contributed by atoms with Gasteiger partial charge >= 0.3 is 0 Å². The molecule has 0 aliphatic heterocycles. The van der Waals surface area contributed by atoms with Crippen molar-refractivity contribution in [3.63, 3.8) is 0 Å². The van der Waals surface area contributed by atoms with Crippen LogP contribution in [0.2, 0.25) is 0 Å². The van der Waals surface area contributed by atoms with Crippen LogP contribution in [0.25, 0.3) is 11.2 Å². The second kappa shape index (κ2) is 17.8. The molecule has 0 unspecified atom stereocenters. The Labute approximate surface area is 270 Å². The lowest BCUT2D eigenvalue weighted by Crippen LogP contribution is -2.36. The number of aldehydes is 1. The molecule has 0 saturated heterocycles. The van der Waals surface area contributed by atoms with E-state index in [1.807, 2.05) is 0 Å². The number of rotatable bonds is 17. The van der Waals surface area contributed by atoms with Gasteiger partial charge in [0.1, 0.15) is 6.29 Å². The zero-order chi connectivity index (χ0) is 34.3. The molecule has 4 N–H and O–H groups in total. The van der Waals surface area contributed by atoms with Crippen molar-refractivity contribution in [2.24, 2.45) is 5.92 Å². The van der Waals surface area contributed by atoms with Crippen molar-refractivity contribution in [3.8, 4) is 12.3 Å². The summed E-state index contributed by atoms with van der Waals surface area (Å²) < 4.78 is 13.5. The topological polar surface area (TPSA) is 196 Å². The minimum Gasteiger partial charge on any atom is -0.356 e. The van der Waals surface area contributed by atoms with E-state index in [1.165, 1.54) is 30.5 Å². The van der Waals surface area contributed by atoms with E-state index < -0.39 is 30.1 Å². The van der Waals surface area contributed by atoms with Crippen molar-refractivity contribution in [3.05, 3.63) is 52.1 Å². The zero-order valence-electron chi connectivity index (χ0n) is 26.2. The lowest BCUT2D eigenvalue weighted by atomic mass is 10.1. The number of nitrogens with one attached hydrogen (secondary N) is 4. The normalized spacial score (nSPS) is 11.4. The summed E-state index contributed by atoms with van der Waals surface area (Å²) in [5.41, 5.74) is -0.244. The fourth-order valence-electron chi connectivity index (χ4n) is 4.28. The van der Waals surface area contributed by atoms with E-state index >= 15 is 0 Å². The Hall–Kier alpha value is -5.52. The Morgan fingerprint density at radius 1 is 1.11 bits per heavy atom. The third kappa shape index (κ3) is 10.8. The Balaban J connectivity index is 1.62. The molecule has 0 aliphatic carbocycles. The summed E-state index contributed by atoms with van der Waals surface area (Å²) >= 11 is 0. The highest BCUT2D eigenvalue weighted by Gasteiger charge is 2.20. The van der Waals surface area contributed by atoms with E-state index in [2.05, 4.69) is 41.8 Å². The molecule has 0 spiro atoms. The van der Waals surface area contributed by atoms with Crippen LogP contribution >= 0.6 is 0 Å². The number of amides is 4. The average molecular weight is 649 g/mol. The number of aromatic nitrogens is 4. The maximum Gasteiger partial charge on any atom is 0.280 e. The predicted octanol–water partition coefficient (Wildman–Crippen LogP) is 2.20. The van der Waals surface area contributed by atoms with Gasteiger partial charge in [-0.1, -0.05) is 13.8 Å². The highest BCUT2D eigenvalue weighted by molar-refractivity contribution is 5.98. The largest absolute Gasteiger partial charge is 0.356 e. The number of aromatic amines is 1. The van der Waals surface area contributed by atoms with E-state index in [0.717, 1.165) is 4.90 Å². The average Bonchev–Trinajstić information content (AvgIpc) is 3.06. The van der Waals surface area contributed by atoms with Gasteiger partial charge in [-0.05, 0) is 49.9 Å². The zero-order valence-corrected chi connectivity index (χ0v) is 26.2. The number of fused-ring (bicyclic) bond motifs is 1. The number of benzene rings is 1. The summed E-state index contributed by atoms with van der Waals surface area (Å²) in [4.78, 5) is 89.2. The molecule has 3 aromatic rings. The molecular formula is C32H37FN8O6. The molecular weight excluding hydrogens is 611 g/mol.